The van der Waals surface area contributed by atoms with Crippen molar-refractivity contribution in [2.45, 2.75) is 31.1 Å². The molecule has 0 radical (unpaired) electrons. The number of benzene rings is 1. The summed E-state index contributed by atoms with van der Waals surface area (Å²) in [4.78, 5) is 0. The minimum atomic E-state index is 0.0544. The zero-order valence-electron chi connectivity index (χ0n) is 10.5. The van der Waals surface area contributed by atoms with Gasteiger partial charge in [0.15, 0.2) is 0 Å². The van der Waals surface area contributed by atoms with Crippen molar-refractivity contribution >= 4 is 23.2 Å². The van der Waals surface area contributed by atoms with E-state index in [0.29, 0.717) is 5.92 Å². The number of halogens is 2. The zero-order chi connectivity index (χ0) is 12.7. The van der Waals surface area contributed by atoms with E-state index < -0.39 is 0 Å². The Hall–Kier alpha value is -0.400. The van der Waals surface area contributed by atoms with Gasteiger partial charge in [-0.1, -0.05) is 24.1 Å². The smallest absolute Gasteiger partial charge is 0.120 e. The number of methoxy groups -OCH3 is 1. The third kappa shape index (κ3) is 2.12. The van der Waals surface area contributed by atoms with Gasteiger partial charge in [0, 0.05) is 5.02 Å². The second kappa shape index (κ2) is 4.94. The summed E-state index contributed by atoms with van der Waals surface area (Å²) in [5.74, 6) is 3.13. The van der Waals surface area contributed by atoms with E-state index in [1.54, 1.807) is 7.11 Å². The van der Waals surface area contributed by atoms with Gasteiger partial charge in [-0.3, -0.25) is 0 Å². The highest BCUT2D eigenvalue weighted by Crippen LogP contribution is 2.55. The minimum Gasteiger partial charge on any atom is -0.497 e. The Morgan fingerprint density at radius 1 is 1.28 bits per heavy atom. The summed E-state index contributed by atoms with van der Waals surface area (Å²) in [6, 6.07) is 5.83. The monoisotopic (exact) mass is 284 g/mol. The van der Waals surface area contributed by atoms with Crippen molar-refractivity contribution in [2.75, 3.05) is 7.11 Å². The third-order valence-electron chi connectivity index (χ3n) is 4.67. The van der Waals surface area contributed by atoms with Crippen LogP contribution in [0.25, 0.3) is 0 Å². The molecule has 4 unspecified atom stereocenters. The molecule has 0 heterocycles. The normalized spacial score (nSPS) is 31.6. The molecule has 2 aliphatic carbocycles. The number of alkyl halides is 1. The van der Waals surface area contributed by atoms with Crippen molar-refractivity contribution in [1.82, 2.24) is 0 Å². The van der Waals surface area contributed by atoms with Gasteiger partial charge < -0.3 is 4.74 Å². The molecule has 0 saturated heterocycles. The van der Waals surface area contributed by atoms with Gasteiger partial charge in [0.25, 0.3) is 0 Å². The average Bonchev–Trinajstić information content (AvgIpc) is 3.00. The van der Waals surface area contributed by atoms with Crippen LogP contribution in [0.15, 0.2) is 18.2 Å². The fourth-order valence-corrected chi connectivity index (χ4v) is 4.58. The fourth-order valence-electron chi connectivity index (χ4n) is 3.74. The molecule has 2 saturated carbocycles. The molecule has 0 aliphatic heterocycles. The van der Waals surface area contributed by atoms with Crippen LogP contribution in [0.4, 0.5) is 0 Å². The van der Waals surface area contributed by atoms with E-state index in [-0.39, 0.29) is 5.38 Å². The summed E-state index contributed by atoms with van der Waals surface area (Å²) in [6.45, 7) is 0. The third-order valence-corrected chi connectivity index (χ3v) is 5.56. The van der Waals surface area contributed by atoms with Crippen LogP contribution in [-0.4, -0.2) is 7.11 Å². The average molecular weight is 285 g/mol. The second-order valence-electron chi connectivity index (χ2n) is 5.63. The lowest BCUT2D eigenvalue weighted by molar-refractivity contribution is 0.323. The van der Waals surface area contributed by atoms with Crippen LogP contribution in [0.1, 0.15) is 36.6 Å². The van der Waals surface area contributed by atoms with Crippen LogP contribution < -0.4 is 4.74 Å². The van der Waals surface area contributed by atoms with Gasteiger partial charge in [-0.15, -0.1) is 11.6 Å². The van der Waals surface area contributed by atoms with Crippen molar-refractivity contribution in [3.8, 4) is 5.75 Å². The summed E-state index contributed by atoms with van der Waals surface area (Å²) in [5, 5.41) is 0.788. The fraction of sp³-hybridized carbons (Fsp3) is 0.600. The molecule has 0 spiro atoms. The second-order valence-corrected chi connectivity index (χ2v) is 6.51. The van der Waals surface area contributed by atoms with Crippen molar-refractivity contribution < 1.29 is 4.74 Å². The van der Waals surface area contributed by atoms with Gasteiger partial charge in [0.1, 0.15) is 5.75 Å². The van der Waals surface area contributed by atoms with Crippen LogP contribution in [0.2, 0.25) is 5.02 Å². The lowest BCUT2D eigenvalue weighted by Gasteiger charge is -2.27. The lowest BCUT2D eigenvalue weighted by Crippen LogP contribution is -2.16. The van der Waals surface area contributed by atoms with E-state index in [2.05, 4.69) is 0 Å². The van der Waals surface area contributed by atoms with Gasteiger partial charge in [0.2, 0.25) is 0 Å². The predicted octanol–water partition coefficient (Wildman–Crippen LogP) is 5.06. The van der Waals surface area contributed by atoms with Gasteiger partial charge in [-0.05, 0) is 54.7 Å². The van der Waals surface area contributed by atoms with Crippen LogP contribution in [0, 0.1) is 17.8 Å². The molecule has 0 N–H and O–H groups in total. The number of rotatable bonds is 3. The Labute approximate surface area is 118 Å². The molecular formula is C15H18Cl2O. The van der Waals surface area contributed by atoms with E-state index in [9.17, 15) is 0 Å². The van der Waals surface area contributed by atoms with Crippen molar-refractivity contribution in [3.63, 3.8) is 0 Å². The molecule has 3 heteroatoms. The van der Waals surface area contributed by atoms with Crippen LogP contribution >= 0.6 is 23.2 Å². The van der Waals surface area contributed by atoms with Gasteiger partial charge >= 0.3 is 0 Å². The van der Waals surface area contributed by atoms with E-state index in [4.69, 9.17) is 27.9 Å². The number of hydrogen-bond donors (Lipinski definition) is 0. The highest BCUT2D eigenvalue weighted by atomic mass is 35.5. The van der Waals surface area contributed by atoms with Crippen molar-refractivity contribution in [3.05, 3.63) is 28.8 Å². The molecule has 0 amide bonds. The van der Waals surface area contributed by atoms with E-state index >= 15 is 0 Å². The lowest BCUT2D eigenvalue weighted by atomic mass is 9.84. The number of ether oxygens (including phenoxy) is 1. The van der Waals surface area contributed by atoms with Gasteiger partial charge in [0.05, 0.1) is 12.5 Å². The first kappa shape index (κ1) is 12.6. The van der Waals surface area contributed by atoms with Gasteiger partial charge in [-0.25, -0.2) is 0 Å². The summed E-state index contributed by atoms with van der Waals surface area (Å²) < 4.78 is 5.18. The predicted molar refractivity (Wildman–Crippen MR) is 75.5 cm³/mol. The SMILES string of the molecule is COc1ccc(C(Cl)C2CC3CCC2C3)c(Cl)c1. The Kier molecular flexibility index (Phi) is 3.46. The standard InChI is InChI=1S/C15H18Cl2O/c1-18-11-4-5-12(14(16)8-11)15(17)13-7-9-2-3-10(13)6-9/h4-5,8-10,13,15H,2-3,6-7H2,1H3. The van der Waals surface area contributed by atoms with Crippen LogP contribution in [-0.2, 0) is 0 Å². The van der Waals surface area contributed by atoms with Crippen molar-refractivity contribution in [2.24, 2.45) is 17.8 Å². The molecule has 3 rings (SSSR count). The summed E-state index contributed by atoms with van der Waals surface area (Å²) in [7, 11) is 1.65. The quantitative estimate of drug-likeness (QED) is 0.705. The largest absolute Gasteiger partial charge is 0.497 e. The zero-order valence-corrected chi connectivity index (χ0v) is 12.0. The topological polar surface area (TPSA) is 9.23 Å². The van der Waals surface area contributed by atoms with Crippen LogP contribution in [0.3, 0.4) is 0 Å². The maximum atomic E-state index is 6.68. The molecule has 1 aromatic carbocycles. The van der Waals surface area contributed by atoms with E-state index in [1.807, 2.05) is 18.2 Å². The van der Waals surface area contributed by atoms with Gasteiger partial charge in [-0.2, -0.15) is 0 Å². The minimum absolute atomic E-state index is 0.0544. The molecule has 1 nitrogen and oxygen atoms in total. The van der Waals surface area contributed by atoms with Crippen molar-refractivity contribution in [1.29, 1.82) is 0 Å². The molecule has 98 valence electrons. The first-order valence-electron chi connectivity index (χ1n) is 6.66. The first-order chi connectivity index (χ1) is 8.69. The Balaban J connectivity index is 1.82. The maximum absolute atomic E-state index is 6.68. The molecule has 18 heavy (non-hydrogen) atoms. The molecule has 2 aliphatic rings. The molecular weight excluding hydrogens is 267 g/mol. The maximum Gasteiger partial charge on any atom is 0.120 e. The molecule has 4 atom stereocenters. The van der Waals surface area contributed by atoms with E-state index in [0.717, 1.165) is 28.2 Å². The summed E-state index contributed by atoms with van der Waals surface area (Å²) in [5.41, 5.74) is 1.07. The van der Waals surface area contributed by atoms with Crippen LogP contribution in [0.5, 0.6) is 5.75 Å². The Morgan fingerprint density at radius 3 is 2.67 bits per heavy atom. The van der Waals surface area contributed by atoms with E-state index in [1.165, 1.54) is 25.7 Å². The summed E-state index contributed by atoms with van der Waals surface area (Å²) in [6.07, 6.45) is 5.41. The highest BCUT2D eigenvalue weighted by molar-refractivity contribution is 6.33. The highest BCUT2D eigenvalue weighted by Gasteiger charge is 2.43. The molecule has 2 fully saturated rings. The first-order valence-corrected chi connectivity index (χ1v) is 7.48. The molecule has 2 bridgehead atoms. The number of hydrogen-bond acceptors (Lipinski definition) is 1. The summed E-state index contributed by atoms with van der Waals surface area (Å²) >= 11 is 13.0. The molecule has 1 aromatic rings. The Morgan fingerprint density at radius 2 is 2.11 bits per heavy atom. The Bertz CT molecular complexity index is 446. The number of fused-ring (bicyclic) bond motifs is 2. The molecule has 0 aromatic heterocycles.